The first-order valence-electron chi connectivity index (χ1n) is 11.7. The molecule has 0 bridgehead atoms. The molecule has 174 valence electrons. The highest BCUT2D eigenvalue weighted by molar-refractivity contribution is 5.75. The fourth-order valence-corrected chi connectivity index (χ4v) is 4.96. The molecule has 33 heavy (non-hydrogen) atoms. The van der Waals surface area contributed by atoms with Gasteiger partial charge in [0.25, 0.3) is 0 Å². The molecule has 4 heterocycles. The van der Waals surface area contributed by atoms with Crippen LogP contribution in [0, 0.1) is 0 Å². The topological polar surface area (TPSA) is 79.5 Å². The van der Waals surface area contributed by atoms with Crippen molar-refractivity contribution in [3.8, 4) is 0 Å². The van der Waals surface area contributed by atoms with Crippen LogP contribution < -0.4 is 16.0 Å². The quantitative estimate of drug-likeness (QED) is 0.552. The van der Waals surface area contributed by atoms with Crippen molar-refractivity contribution in [3.63, 3.8) is 0 Å². The van der Waals surface area contributed by atoms with Gasteiger partial charge in [-0.2, -0.15) is 0 Å². The maximum Gasteiger partial charge on any atom is 0.317 e. The summed E-state index contributed by atoms with van der Waals surface area (Å²) in [5.74, 6) is 0.733. The zero-order valence-electron chi connectivity index (χ0n) is 19.4. The first kappa shape index (κ1) is 21.8. The van der Waals surface area contributed by atoms with Crippen LogP contribution in [0.1, 0.15) is 24.4 Å². The van der Waals surface area contributed by atoms with Gasteiger partial charge in [0, 0.05) is 76.9 Å². The van der Waals surface area contributed by atoms with Gasteiger partial charge in [-0.05, 0) is 32.0 Å². The highest BCUT2D eigenvalue weighted by Crippen LogP contribution is 2.26. The molecule has 0 aliphatic carbocycles. The number of aromatic nitrogens is 4. The Morgan fingerprint density at radius 2 is 1.48 bits per heavy atom. The number of likely N-dealkylation sites (N-methyl/N-ethyl adjacent to an activating group) is 1. The fraction of sp³-hybridized carbons (Fsp3) is 0.500. The van der Waals surface area contributed by atoms with Crippen LogP contribution in [-0.4, -0.2) is 75.2 Å². The maximum atomic E-state index is 12.9. The zero-order valence-corrected chi connectivity index (χ0v) is 19.4. The average Bonchev–Trinajstić information content (AvgIpc) is 2.85. The second-order valence-corrected chi connectivity index (χ2v) is 9.22. The van der Waals surface area contributed by atoms with E-state index < -0.39 is 11.1 Å². The van der Waals surface area contributed by atoms with E-state index in [4.69, 9.17) is 0 Å². The molecule has 0 radical (unpaired) electrons. The summed E-state index contributed by atoms with van der Waals surface area (Å²) in [4.78, 5) is 41.6. The molecule has 2 fully saturated rings. The van der Waals surface area contributed by atoms with Crippen LogP contribution in [0.25, 0.3) is 11.0 Å². The van der Waals surface area contributed by atoms with Gasteiger partial charge in [0.05, 0.1) is 11.0 Å². The molecule has 0 N–H and O–H groups in total. The molecule has 0 spiro atoms. The van der Waals surface area contributed by atoms with Crippen LogP contribution in [0.5, 0.6) is 0 Å². The van der Waals surface area contributed by atoms with Crippen molar-refractivity contribution >= 4 is 17.0 Å². The lowest BCUT2D eigenvalue weighted by atomic mass is 10.0. The summed E-state index contributed by atoms with van der Waals surface area (Å²) in [6.07, 6.45) is 5.41. The fourth-order valence-electron chi connectivity index (χ4n) is 4.96. The van der Waals surface area contributed by atoms with E-state index in [9.17, 15) is 9.59 Å². The number of piperidine rings is 1. The SMILES string of the molecule is CN1CCN(Cc2cnc(N3CCC(n4c(=O)c(=O)n(C)c5ccccc54)CC3)nc2)CC1. The Hall–Kier alpha value is -3.04. The first-order valence-corrected chi connectivity index (χ1v) is 11.7. The van der Waals surface area contributed by atoms with Gasteiger partial charge in [-0.15, -0.1) is 0 Å². The molecule has 9 nitrogen and oxygen atoms in total. The van der Waals surface area contributed by atoms with Gasteiger partial charge >= 0.3 is 11.1 Å². The molecule has 2 aliphatic rings. The predicted octanol–water partition coefficient (Wildman–Crippen LogP) is 1.08. The number of benzene rings is 1. The molecular formula is C24H31N7O2. The van der Waals surface area contributed by atoms with Crippen LogP contribution >= 0.6 is 0 Å². The molecule has 0 saturated carbocycles. The molecule has 2 saturated heterocycles. The van der Waals surface area contributed by atoms with E-state index >= 15 is 0 Å². The smallest absolute Gasteiger partial charge is 0.317 e. The molecular weight excluding hydrogens is 418 g/mol. The molecule has 9 heteroatoms. The number of para-hydroxylation sites is 2. The first-order chi connectivity index (χ1) is 16.0. The molecule has 5 rings (SSSR count). The van der Waals surface area contributed by atoms with Crippen LogP contribution in [0.4, 0.5) is 5.95 Å². The molecule has 0 amide bonds. The van der Waals surface area contributed by atoms with Gasteiger partial charge in [-0.1, -0.05) is 12.1 Å². The van der Waals surface area contributed by atoms with Gasteiger partial charge in [0.1, 0.15) is 0 Å². The van der Waals surface area contributed by atoms with Crippen molar-refractivity contribution in [1.82, 2.24) is 28.9 Å². The number of piperazine rings is 1. The molecule has 3 aromatic rings. The van der Waals surface area contributed by atoms with Gasteiger partial charge < -0.3 is 14.4 Å². The Bertz CT molecular complexity index is 1230. The van der Waals surface area contributed by atoms with Crippen molar-refractivity contribution in [1.29, 1.82) is 0 Å². The van der Waals surface area contributed by atoms with Crippen molar-refractivity contribution < 1.29 is 0 Å². The predicted molar refractivity (Wildman–Crippen MR) is 129 cm³/mol. The van der Waals surface area contributed by atoms with Crippen LogP contribution in [0.15, 0.2) is 46.2 Å². The molecule has 1 aromatic carbocycles. The third-order valence-corrected chi connectivity index (χ3v) is 7.02. The lowest BCUT2D eigenvalue weighted by Gasteiger charge is -2.34. The Morgan fingerprint density at radius 3 is 2.15 bits per heavy atom. The molecule has 2 aromatic heterocycles. The Labute approximate surface area is 192 Å². The molecule has 0 unspecified atom stereocenters. The summed E-state index contributed by atoms with van der Waals surface area (Å²) in [7, 11) is 3.82. The lowest BCUT2D eigenvalue weighted by Crippen LogP contribution is -2.45. The van der Waals surface area contributed by atoms with Crippen LogP contribution in [0.3, 0.4) is 0 Å². The van der Waals surface area contributed by atoms with E-state index in [1.807, 2.05) is 36.7 Å². The number of aryl methyl sites for hydroxylation is 1. The minimum absolute atomic E-state index is 0.0101. The molecule has 0 atom stereocenters. The van der Waals surface area contributed by atoms with E-state index in [1.54, 1.807) is 11.6 Å². The summed E-state index contributed by atoms with van der Waals surface area (Å²) in [5, 5.41) is 0. The average molecular weight is 450 g/mol. The third-order valence-electron chi connectivity index (χ3n) is 7.02. The summed E-state index contributed by atoms with van der Waals surface area (Å²) in [6, 6.07) is 7.60. The van der Waals surface area contributed by atoms with Gasteiger partial charge in [-0.3, -0.25) is 19.1 Å². The normalized spacial score (nSPS) is 18.8. The minimum Gasteiger partial charge on any atom is -0.341 e. The molecule has 2 aliphatic heterocycles. The maximum absolute atomic E-state index is 12.9. The largest absolute Gasteiger partial charge is 0.341 e. The van der Waals surface area contributed by atoms with Crippen molar-refractivity contribution in [2.45, 2.75) is 25.4 Å². The van der Waals surface area contributed by atoms with Crippen molar-refractivity contribution in [2.75, 3.05) is 51.2 Å². The number of hydrogen-bond acceptors (Lipinski definition) is 7. The minimum atomic E-state index is -0.476. The number of anilines is 1. The van der Waals surface area contributed by atoms with Crippen molar-refractivity contribution in [3.05, 3.63) is 62.9 Å². The van der Waals surface area contributed by atoms with Crippen LogP contribution in [-0.2, 0) is 13.6 Å². The Balaban J connectivity index is 1.27. The number of nitrogens with zero attached hydrogens (tertiary/aromatic N) is 7. The number of fused-ring (bicyclic) bond motifs is 1. The number of hydrogen-bond donors (Lipinski definition) is 0. The Morgan fingerprint density at radius 1 is 0.848 bits per heavy atom. The summed E-state index contributed by atoms with van der Waals surface area (Å²) >= 11 is 0. The van der Waals surface area contributed by atoms with Gasteiger partial charge in [-0.25, -0.2) is 9.97 Å². The van der Waals surface area contributed by atoms with E-state index in [-0.39, 0.29) is 6.04 Å². The van der Waals surface area contributed by atoms with E-state index in [2.05, 4.69) is 31.7 Å². The lowest BCUT2D eigenvalue weighted by molar-refractivity contribution is 0.148. The summed E-state index contributed by atoms with van der Waals surface area (Å²) < 4.78 is 3.15. The number of rotatable bonds is 4. The highest BCUT2D eigenvalue weighted by Gasteiger charge is 2.25. The van der Waals surface area contributed by atoms with Gasteiger partial charge in [0.15, 0.2) is 0 Å². The van der Waals surface area contributed by atoms with Crippen LogP contribution in [0.2, 0.25) is 0 Å². The monoisotopic (exact) mass is 449 g/mol. The van der Waals surface area contributed by atoms with Crippen molar-refractivity contribution in [2.24, 2.45) is 7.05 Å². The third kappa shape index (κ3) is 4.30. The van der Waals surface area contributed by atoms with E-state index in [0.717, 1.165) is 81.2 Å². The second-order valence-electron chi connectivity index (χ2n) is 9.22. The standard InChI is InChI=1S/C24H31N7O2/c1-27-11-13-29(14-12-27)17-18-15-25-24(26-16-18)30-9-7-19(8-10-30)31-21-6-4-3-5-20(21)28(2)22(32)23(31)33/h3-6,15-16,19H,7-14,17H2,1-2H3. The summed E-state index contributed by atoms with van der Waals surface area (Å²) in [5.41, 5.74) is 1.81. The van der Waals surface area contributed by atoms with E-state index in [1.165, 1.54) is 4.57 Å². The highest BCUT2D eigenvalue weighted by atomic mass is 16.2. The Kier molecular flexibility index (Phi) is 5.99. The second kappa shape index (κ2) is 9.07. The summed E-state index contributed by atoms with van der Waals surface area (Å²) in [6.45, 7) is 6.72. The zero-order chi connectivity index (χ0) is 22.9. The van der Waals surface area contributed by atoms with Gasteiger partial charge in [0.2, 0.25) is 5.95 Å². The van der Waals surface area contributed by atoms with E-state index in [0.29, 0.717) is 0 Å².